The molecule has 15 heavy (non-hydrogen) atoms. The first-order valence-electron chi connectivity index (χ1n) is 4.07. The predicted molar refractivity (Wildman–Crippen MR) is 52.2 cm³/mol. The van der Waals surface area contributed by atoms with Gasteiger partial charge in [-0.25, -0.2) is 4.79 Å². The molecule has 0 aromatic heterocycles. The van der Waals surface area contributed by atoms with E-state index in [2.05, 4.69) is 11.8 Å². The van der Waals surface area contributed by atoms with E-state index in [0.29, 0.717) is 5.56 Å². The lowest BCUT2D eigenvalue weighted by atomic mass is 10.1. The maximum Gasteiger partial charge on any atom is 0.335 e. The van der Waals surface area contributed by atoms with Crippen LogP contribution in [0.4, 0.5) is 0 Å². The highest BCUT2D eigenvalue weighted by Gasteiger charge is 2.05. The minimum Gasteiger partial charge on any atom is -0.507 e. The fourth-order valence-corrected chi connectivity index (χ4v) is 0.949. The van der Waals surface area contributed by atoms with Crippen molar-refractivity contribution < 1.29 is 15.0 Å². The first-order chi connectivity index (χ1) is 7.15. The summed E-state index contributed by atoms with van der Waals surface area (Å²) in [4.78, 5) is 10.5. The molecule has 1 rings (SSSR count). The standard InChI is InChI=1S/C11H7NO3/c12-6-2-1-3-8-4-5-9(11(14)15)7-10(8)13/h4-5,7,13H,2H2,(H,14,15). The summed E-state index contributed by atoms with van der Waals surface area (Å²) < 4.78 is 0. The Labute approximate surface area is 86.4 Å². The molecule has 4 heteroatoms. The van der Waals surface area contributed by atoms with Gasteiger partial charge in [-0.2, -0.15) is 5.26 Å². The number of nitrogens with zero attached hydrogens (tertiary/aromatic N) is 1. The third-order valence-electron chi connectivity index (χ3n) is 1.64. The van der Waals surface area contributed by atoms with Crippen LogP contribution >= 0.6 is 0 Å². The Morgan fingerprint density at radius 1 is 1.47 bits per heavy atom. The molecular formula is C11H7NO3. The van der Waals surface area contributed by atoms with Crippen molar-refractivity contribution in [1.29, 1.82) is 5.26 Å². The number of aromatic hydroxyl groups is 1. The number of carbonyl (C=O) groups is 1. The smallest absolute Gasteiger partial charge is 0.335 e. The van der Waals surface area contributed by atoms with E-state index in [9.17, 15) is 9.90 Å². The molecule has 0 fully saturated rings. The summed E-state index contributed by atoms with van der Waals surface area (Å²) in [6.45, 7) is 0. The Kier molecular flexibility index (Phi) is 3.32. The molecule has 74 valence electrons. The van der Waals surface area contributed by atoms with Crippen molar-refractivity contribution in [3.8, 4) is 23.7 Å². The van der Waals surface area contributed by atoms with Crippen molar-refractivity contribution >= 4 is 5.97 Å². The Balaban J connectivity index is 3.01. The molecule has 1 aromatic rings. The Morgan fingerprint density at radius 3 is 2.73 bits per heavy atom. The van der Waals surface area contributed by atoms with Crippen LogP contribution in [0.25, 0.3) is 0 Å². The Morgan fingerprint density at radius 2 is 2.20 bits per heavy atom. The van der Waals surface area contributed by atoms with E-state index in [1.807, 2.05) is 6.07 Å². The topological polar surface area (TPSA) is 81.3 Å². The summed E-state index contributed by atoms with van der Waals surface area (Å²) in [5.41, 5.74) is 0.314. The zero-order valence-corrected chi connectivity index (χ0v) is 7.69. The maximum absolute atomic E-state index is 10.5. The molecule has 0 radical (unpaired) electrons. The van der Waals surface area contributed by atoms with E-state index in [1.54, 1.807) is 0 Å². The van der Waals surface area contributed by atoms with E-state index in [0.717, 1.165) is 6.07 Å². The van der Waals surface area contributed by atoms with Crippen LogP contribution in [0.5, 0.6) is 5.75 Å². The van der Waals surface area contributed by atoms with E-state index in [4.69, 9.17) is 10.4 Å². The van der Waals surface area contributed by atoms with Gasteiger partial charge in [0.1, 0.15) is 5.75 Å². The number of aromatic carboxylic acids is 1. The Hall–Kier alpha value is -2.46. The highest BCUT2D eigenvalue weighted by Crippen LogP contribution is 2.17. The van der Waals surface area contributed by atoms with Crippen molar-refractivity contribution in [3.05, 3.63) is 29.3 Å². The monoisotopic (exact) mass is 201 g/mol. The lowest BCUT2D eigenvalue weighted by Crippen LogP contribution is -1.95. The first-order valence-corrected chi connectivity index (χ1v) is 4.07. The van der Waals surface area contributed by atoms with Crippen molar-refractivity contribution in [1.82, 2.24) is 0 Å². The SMILES string of the molecule is N#CCC#Cc1ccc(C(=O)O)cc1O. The van der Waals surface area contributed by atoms with Gasteiger partial charge in [0.05, 0.1) is 23.6 Å². The molecular weight excluding hydrogens is 194 g/mol. The molecule has 0 spiro atoms. The number of benzene rings is 1. The molecule has 0 saturated carbocycles. The largest absolute Gasteiger partial charge is 0.507 e. The minimum absolute atomic E-state index is 0.00154. The first kappa shape index (κ1) is 10.6. The molecule has 0 amide bonds. The van der Waals surface area contributed by atoms with Gasteiger partial charge in [0.2, 0.25) is 0 Å². The summed E-state index contributed by atoms with van der Waals surface area (Å²) in [6, 6.07) is 5.71. The van der Waals surface area contributed by atoms with Crippen LogP contribution in [0.3, 0.4) is 0 Å². The predicted octanol–water partition coefficient (Wildman–Crippen LogP) is 1.36. The van der Waals surface area contributed by atoms with E-state index >= 15 is 0 Å². The normalized spacial score (nSPS) is 8.47. The van der Waals surface area contributed by atoms with Gasteiger partial charge in [-0.3, -0.25) is 0 Å². The number of hydrogen-bond acceptors (Lipinski definition) is 3. The highest BCUT2D eigenvalue weighted by atomic mass is 16.4. The summed E-state index contributed by atoms with van der Waals surface area (Å²) in [6.07, 6.45) is 0.0696. The van der Waals surface area contributed by atoms with Gasteiger partial charge in [0.15, 0.2) is 0 Å². The third kappa shape index (κ3) is 2.75. The van der Waals surface area contributed by atoms with Gasteiger partial charge >= 0.3 is 5.97 Å². The molecule has 0 saturated heterocycles. The van der Waals surface area contributed by atoms with Crippen LogP contribution in [0.2, 0.25) is 0 Å². The number of phenols is 1. The van der Waals surface area contributed by atoms with Gasteiger partial charge < -0.3 is 10.2 Å². The number of rotatable bonds is 1. The van der Waals surface area contributed by atoms with E-state index in [1.165, 1.54) is 12.1 Å². The number of hydrogen-bond donors (Lipinski definition) is 2. The molecule has 0 unspecified atom stereocenters. The second-order valence-corrected chi connectivity index (χ2v) is 2.67. The van der Waals surface area contributed by atoms with Gasteiger partial charge in [0, 0.05) is 0 Å². The van der Waals surface area contributed by atoms with Gasteiger partial charge in [-0.05, 0) is 18.2 Å². The summed E-state index contributed by atoms with van der Waals surface area (Å²) in [5, 5.41) is 26.3. The van der Waals surface area contributed by atoms with Crippen LogP contribution in [0, 0.1) is 23.2 Å². The highest BCUT2D eigenvalue weighted by molar-refractivity contribution is 5.88. The van der Waals surface area contributed by atoms with Crippen LogP contribution in [-0.2, 0) is 0 Å². The van der Waals surface area contributed by atoms with Gasteiger partial charge in [-0.1, -0.05) is 11.8 Å². The molecule has 0 aliphatic heterocycles. The summed E-state index contributed by atoms with van der Waals surface area (Å²) in [5.74, 6) is 3.78. The van der Waals surface area contributed by atoms with Crippen molar-refractivity contribution in [2.45, 2.75) is 6.42 Å². The second-order valence-electron chi connectivity index (χ2n) is 2.67. The van der Waals surface area contributed by atoms with Gasteiger partial charge in [-0.15, -0.1) is 0 Å². The van der Waals surface area contributed by atoms with Crippen LogP contribution in [0.1, 0.15) is 22.3 Å². The molecule has 0 aliphatic carbocycles. The van der Waals surface area contributed by atoms with Crippen LogP contribution in [-0.4, -0.2) is 16.2 Å². The van der Waals surface area contributed by atoms with Crippen molar-refractivity contribution in [2.75, 3.05) is 0 Å². The third-order valence-corrected chi connectivity index (χ3v) is 1.64. The summed E-state index contributed by atoms with van der Waals surface area (Å²) in [7, 11) is 0. The summed E-state index contributed by atoms with van der Waals surface area (Å²) >= 11 is 0. The van der Waals surface area contributed by atoms with Crippen molar-refractivity contribution in [3.63, 3.8) is 0 Å². The molecule has 0 aliphatic rings. The molecule has 0 bridgehead atoms. The second kappa shape index (κ2) is 4.69. The zero-order chi connectivity index (χ0) is 11.3. The van der Waals surface area contributed by atoms with E-state index < -0.39 is 5.97 Å². The maximum atomic E-state index is 10.5. The van der Waals surface area contributed by atoms with Crippen LogP contribution in [0.15, 0.2) is 18.2 Å². The Bertz CT molecular complexity index is 489. The lowest BCUT2D eigenvalue weighted by molar-refractivity contribution is 0.0696. The zero-order valence-electron chi connectivity index (χ0n) is 7.69. The molecule has 4 nitrogen and oxygen atoms in total. The fraction of sp³-hybridized carbons (Fsp3) is 0.0909. The van der Waals surface area contributed by atoms with E-state index in [-0.39, 0.29) is 17.7 Å². The molecule has 1 aromatic carbocycles. The molecule has 0 atom stereocenters. The number of phenolic OH excluding ortho intramolecular Hbond substituents is 1. The average Bonchev–Trinajstić information content (AvgIpc) is 2.20. The quantitative estimate of drug-likeness (QED) is 0.672. The number of carboxylic acid groups (broad SMARTS) is 1. The van der Waals surface area contributed by atoms with Crippen molar-refractivity contribution in [2.24, 2.45) is 0 Å². The number of nitriles is 1. The fourth-order valence-electron chi connectivity index (χ4n) is 0.949. The average molecular weight is 201 g/mol. The van der Waals surface area contributed by atoms with Gasteiger partial charge in [0.25, 0.3) is 0 Å². The minimum atomic E-state index is -1.11. The molecule has 0 heterocycles. The van der Waals surface area contributed by atoms with Crippen LogP contribution < -0.4 is 0 Å². The number of carboxylic acids is 1. The molecule has 2 N–H and O–H groups in total. The lowest BCUT2D eigenvalue weighted by Gasteiger charge is -1.98.